The Balaban J connectivity index is 1.42. The zero-order valence-electron chi connectivity index (χ0n) is 16.8. The third-order valence-electron chi connectivity index (χ3n) is 5.20. The molecule has 0 fully saturated rings. The highest BCUT2D eigenvalue weighted by atomic mass is 32.1. The molecule has 1 aliphatic heterocycles. The van der Waals surface area contributed by atoms with Gasteiger partial charge in [0, 0.05) is 17.0 Å². The lowest BCUT2D eigenvalue weighted by atomic mass is 10.0. The lowest BCUT2D eigenvalue weighted by Crippen LogP contribution is -2.33. The van der Waals surface area contributed by atoms with Crippen molar-refractivity contribution in [1.29, 1.82) is 0 Å². The summed E-state index contributed by atoms with van der Waals surface area (Å²) in [6.45, 7) is 2.06. The molecular weight excluding hydrogens is 396 g/mol. The number of aryl methyl sites for hydroxylation is 2. The van der Waals surface area contributed by atoms with Gasteiger partial charge in [0.05, 0.1) is 6.04 Å². The monoisotopic (exact) mass is 420 g/mol. The molecule has 0 saturated carbocycles. The van der Waals surface area contributed by atoms with Crippen molar-refractivity contribution in [2.75, 3.05) is 11.9 Å². The number of thiophene rings is 1. The van der Waals surface area contributed by atoms with E-state index in [1.807, 2.05) is 29.6 Å². The number of benzene rings is 2. The highest BCUT2D eigenvalue weighted by Crippen LogP contribution is 2.28. The number of rotatable bonds is 7. The number of amides is 2. The van der Waals surface area contributed by atoms with Gasteiger partial charge < -0.3 is 15.4 Å². The molecule has 2 aromatic carbocycles. The molecule has 3 aromatic rings. The summed E-state index contributed by atoms with van der Waals surface area (Å²) < 4.78 is 5.73. The van der Waals surface area contributed by atoms with Gasteiger partial charge in [0.1, 0.15) is 5.75 Å². The minimum atomic E-state index is -0.203. The molecule has 0 aliphatic carbocycles. The first-order valence-corrected chi connectivity index (χ1v) is 11.0. The Hall–Kier alpha value is -3.12. The maximum absolute atomic E-state index is 12.7. The van der Waals surface area contributed by atoms with Crippen molar-refractivity contribution in [3.63, 3.8) is 0 Å². The van der Waals surface area contributed by atoms with Crippen molar-refractivity contribution in [1.82, 2.24) is 5.32 Å². The zero-order valence-corrected chi connectivity index (χ0v) is 17.6. The van der Waals surface area contributed by atoms with Crippen LogP contribution in [0.15, 0.2) is 60.0 Å². The fourth-order valence-electron chi connectivity index (χ4n) is 3.52. The second kappa shape index (κ2) is 9.13. The van der Waals surface area contributed by atoms with Gasteiger partial charge in [0.25, 0.3) is 5.91 Å². The molecule has 1 unspecified atom stereocenters. The molecular formula is C24H24N2O3S. The first-order valence-electron chi connectivity index (χ1n) is 10.1. The lowest BCUT2D eigenvalue weighted by Gasteiger charge is -2.20. The van der Waals surface area contributed by atoms with Crippen LogP contribution in [0, 0.1) is 0 Å². The molecule has 2 amide bonds. The van der Waals surface area contributed by atoms with E-state index in [0.717, 1.165) is 28.1 Å². The molecule has 0 saturated heterocycles. The Kier molecular flexibility index (Phi) is 6.14. The summed E-state index contributed by atoms with van der Waals surface area (Å²) >= 11 is 1.62. The summed E-state index contributed by atoms with van der Waals surface area (Å²) in [5.74, 6) is 0.473. The summed E-state index contributed by atoms with van der Waals surface area (Å²) in [5.41, 5.74) is 4.16. The van der Waals surface area contributed by atoms with E-state index in [1.165, 1.54) is 5.56 Å². The molecule has 1 aromatic heterocycles. The van der Waals surface area contributed by atoms with E-state index in [0.29, 0.717) is 18.6 Å². The standard InChI is InChI=1S/C24H24N2O3S/c1-2-16-5-7-17(8-6-16)24(21-4-3-13-30-21)26-23(28)15-29-19-10-11-20-18(14-19)9-12-22(27)25-20/h3-8,10-11,13-14,24H,2,9,12,15H2,1H3,(H,25,27)(H,26,28). The third kappa shape index (κ3) is 4.71. The lowest BCUT2D eigenvalue weighted by molar-refractivity contribution is -0.123. The molecule has 1 atom stereocenters. The first-order chi connectivity index (χ1) is 14.6. The topological polar surface area (TPSA) is 67.4 Å². The quantitative estimate of drug-likeness (QED) is 0.592. The normalized spacial score (nSPS) is 13.8. The molecule has 1 aliphatic rings. The van der Waals surface area contributed by atoms with E-state index < -0.39 is 0 Å². The van der Waals surface area contributed by atoms with Crippen LogP contribution in [0.2, 0.25) is 0 Å². The van der Waals surface area contributed by atoms with Gasteiger partial charge in [0.2, 0.25) is 5.91 Å². The van der Waals surface area contributed by atoms with E-state index >= 15 is 0 Å². The summed E-state index contributed by atoms with van der Waals surface area (Å²) in [4.78, 5) is 25.2. The summed E-state index contributed by atoms with van der Waals surface area (Å²) in [6, 6.07) is 17.7. The Morgan fingerprint density at radius 1 is 1.17 bits per heavy atom. The van der Waals surface area contributed by atoms with Crippen LogP contribution in [-0.2, 0) is 22.4 Å². The largest absolute Gasteiger partial charge is 0.484 e. The van der Waals surface area contributed by atoms with Gasteiger partial charge in [-0.1, -0.05) is 37.3 Å². The Labute approximate surface area is 180 Å². The smallest absolute Gasteiger partial charge is 0.258 e. The van der Waals surface area contributed by atoms with Crippen molar-refractivity contribution in [3.05, 3.63) is 81.5 Å². The maximum atomic E-state index is 12.7. The van der Waals surface area contributed by atoms with Crippen LogP contribution in [-0.4, -0.2) is 18.4 Å². The van der Waals surface area contributed by atoms with Crippen molar-refractivity contribution in [2.45, 2.75) is 32.2 Å². The zero-order chi connectivity index (χ0) is 20.9. The van der Waals surface area contributed by atoms with Gasteiger partial charge in [-0.3, -0.25) is 9.59 Å². The van der Waals surface area contributed by atoms with Crippen LogP contribution in [0.3, 0.4) is 0 Å². The second-order valence-electron chi connectivity index (χ2n) is 7.27. The highest BCUT2D eigenvalue weighted by molar-refractivity contribution is 7.10. The van der Waals surface area contributed by atoms with Crippen LogP contribution in [0.1, 0.15) is 41.0 Å². The SMILES string of the molecule is CCc1ccc(C(NC(=O)COc2ccc3c(c2)CCC(=O)N3)c2cccs2)cc1. The van der Waals surface area contributed by atoms with Gasteiger partial charge in [0.15, 0.2) is 6.61 Å². The van der Waals surface area contributed by atoms with E-state index in [4.69, 9.17) is 4.74 Å². The third-order valence-corrected chi connectivity index (χ3v) is 6.13. The predicted molar refractivity (Wildman–Crippen MR) is 119 cm³/mol. The van der Waals surface area contributed by atoms with E-state index in [1.54, 1.807) is 17.4 Å². The van der Waals surface area contributed by atoms with Crippen LogP contribution < -0.4 is 15.4 Å². The maximum Gasteiger partial charge on any atom is 0.258 e. The van der Waals surface area contributed by atoms with Crippen molar-refractivity contribution in [2.24, 2.45) is 0 Å². The van der Waals surface area contributed by atoms with E-state index in [9.17, 15) is 9.59 Å². The van der Waals surface area contributed by atoms with E-state index in [-0.39, 0.29) is 24.5 Å². The number of carbonyl (C=O) groups excluding carboxylic acids is 2. The van der Waals surface area contributed by atoms with Gasteiger partial charge in [-0.2, -0.15) is 0 Å². The molecule has 30 heavy (non-hydrogen) atoms. The Morgan fingerprint density at radius 3 is 2.73 bits per heavy atom. The van der Waals surface area contributed by atoms with Gasteiger partial charge in [-0.15, -0.1) is 11.3 Å². The molecule has 154 valence electrons. The van der Waals surface area contributed by atoms with Crippen molar-refractivity contribution < 1.29 is 14.3 Å². The second-order valence-corrected chi connectivity index (χ2v) is 8.25. The van der Waals surface area contributed by atoms with Crippen LogP contribution in [0.5, 0.6) is 5.75 Å². The minimum Gasteiger partial charge on any atom is -0.484 e. The first kappa shape index (κ1) is 20.2. The molecule has 5 nitrogen and oxygen atoms in total. The number of nitrogens with one attached hydrogen (secondary N) is 2. The summed E-state index contributed by atoms with van der Waals surface area (Å²) in [5, 5.41) is 7.96. The predicted octanol–water partition coefficient (Wildman–Crippen LogP) is 4.48. The minimum absolute atomic E-state index is 0.0298. The number of carbonyl (C=O) groups is 2. The molecule has 0 radical (unpaired) electrons. The summed E-state index contributed by atoms with van der Waals surface area (Å²) in [7, 11) is 0. The van der Waals surface area contributed by atoms with Crippen LogP contribution in [0.25, 0.3) is 0 Å². The van der Waals surface area contributed by atoms with Gasteiger partial charge >= 0.3 is 0 Å². The van der Waals surface area contributed by atoms with E-state index in [2.05, 4.69) is 41.8 Å². The molecule has 0 spiro atoms. The Morgan fingerprint density at radius 2 is 2.00 bits per heavy atom. The van der Waals surface area contributed by atoms with Crippen LogP contribution >= 0.6 is 11.3 Å². The summed E-state index contributed by atoms with van der Waals surface area (Å²) in [6.07, 6.45) is 2.13. The fourth-order valence-corrected chi connectivity index (χ4v) is 4.32. The molecule has 6 heteroatoms. The highest BCUT2D eigenvalue weighted by Gasteiger charge is 2.19. The Bertz CT molecular complexity index is 1030. The number of fused-ring (bicyclic) bond motifs is 1. The molecule has 2 N–H and O–H groups in total. The fraction of sp³-hybridized carbons (Fsp3) is 0.250. The number of ether oxygens (including phenoxy) is 1. The molecule has 2 heterocycles. The number of hydrogen-bond donors (Lipinski definition) is 2. The number of hydrogen-bond acceptors (Lipinski definition) is 4. The van der Waals surface area contributed by atoms with Gasteiger partial charge in [-0.05, 0) is 59.2 Å². The number of anilines is 1. The van der Waals surface area contributed by atoms with Crippen molar-refractivity contribution in [3.8, 4) is 5.75 Å². The average molecular weight is 421 g/mol. The molecule has 0 bridgehead atoms. The molecule has 4 rings (SSSR count). The van der Waals surface area contributed by atoms with Crippen LogP contribution in [0.4, 0.5) is 5.69 Å². The van der Waals surface area contributed by atoms with Crippen molar-refractivity contribution >= 4 is 28.8 Å². The van der Waals surface area contributed by atoms with Gasteiger partial charge in [-0.25, -0.2) is 0 Å². The average Bonchev–Trinajstić information content (AvgIpc) is 3.31.